The summed E-state index contributed by atoms with van der Waals surface area (Å²) >= 11 is 0. The largest absolute Gasteiger partial charge is 0.378 e. The Labute approximate surface area is 312 Å². The first-order valence-corrected chi connectivity index (χ1v) is 19.4. The molecular weight excluding hydrogens is 628 g/mol. The predicted octanol–water partition coefficient (Wildman–Crippen LogP) is 12.1. The highest BCUT2D eigenvalue weighted by molar-refractivity contribution is 5.51. The number of benzene rings is 3. The summed E-state index contributed by atoms with van der Waals surface area (Å²) in [5.74, 6) is 0.0993. The van der Waals surface area contributed by atoms with E-state index in [1.165, 1.54) is 79.6 Å². The summed E-state index contributed by atoms with van der Waals surface area (Å²) in [7, 11) is 2.22. The minimum absolute atomic E-state index is 0.189. The molecule has 51 heavy (non-hydrogen) atoms. The van der Waals surface area contributed by atoms with E-state index in [9.17, 15) is 4.39 Å². The molecule has 0 aliphatic carbocycles. The number of aryl methyl sites for hydroxylation is 2. The summed E-state index contributed by atoms with van der Waals surface area (Å²) in [4.78, 5) is 4.59. The lowest BCUT2D eigenvalue weighted by Crippen LogP contribution is -2.38. The Kier molecular flexibility index (Phi) is 23.0. The predicted molar refractivity (Wildman–Crippen MR) is 221 cm³/mol. The number of hydrogen-bond donors (Lipinski definition) is 1. The normalized spacial score (nSPS) is 15.0. The molecule has 0 bridgehead atoms. The molecule has 0 amide bonds. The zero-order valence-electron chi connectivity index (χ0n) is 33.4. The van der Waals surface area contributed by atoms with E-state index >= 15 is 0 Å². The summed E-state index contributed by atoms with van der Waals surface area (Å²) in [6, 6.07) is 24.7. The molecular formula is C46H69FN4. The Morgan fingerprint density at radius 3 is 1.98 bits per heavy atom. The van der Waals surface area contributed by atoms with Crippen molar-refractivity contribution in [2.24, 2.45) is 5.92 Å². The van der Waals surface area contributed by atoms with Crippen molar-refractivity contribution in [1.82, 2.24) is 9.80 Å². The molecule has 2 fully saturated rings. The Balaban J connectivity index is 0.000000388. The number of likely N-dealkylation sites (tertiary alicyclic amines) is 2. The van der Waals surface area contributed by atoms with Crippen LogP contribution in [-0.4, -0.2) is 43.0 Å². The van der Waals surface area contributed by atoms with E-state index in [2.05, 4.69) is 105 Å². The zero-order valence-corrected chi connectivity index (χ0v) is 33.4. The summed E-state index contributed by atoms with van der Waals surface area (Å²) in [5, 5.41) is 11.7. The van der Waals surface area contributed by atoms with Crippen molar-refractivity contribution in [1.29, 1.82) is 5.26 Å². The lowest BCUT2D eigenvalue weighted by Gasteiger charge is -2.38. The molecule has 2 aliphatic heterocycles. The van der Waals surface area contributed by atoms with Gasteiger partial charge in [-0.2, -0.15) is 5.26 Å². The van der Waals surface area contributed by atoms with Crippen LogP contribution in [0.4, 0.5) is 10.1 Å². The zero-order chi connectivity index (χ0) is 38.1. The third-order valence-electron chi connectivity index (χ3n) is 9.52. The van der Waals surface area contributed by atoms with Crippen molar-refractivity contribution in [2.45, 2.75) is 112 Å². The third-order valence-corrected chi connectivity index (χ3v) is 9.52. The van der Waals surface area contributed by atoms with Crippen LogP contribution in [0, 0.1) is 30.0 Å². The minimum atomic E-state index is -0.189. The van der Waals surface area contributed by atoms with Gasteiger partial charge in [0.05, 0.1) is 6.07 Å². The van der Waals surface area contributed by atoms with Crippen LogP contribution >= 0.6 is 0 Å². The van der Waals surface area contributed by atoms with Gasteiger partial charge < -0.3 is 15.1 Å². The molecule has 0 radical (unpaired) electrons. The SMILES string of the molecule is C=CN1CCC(C#N)CC1.C=CNc1cc(CCCCC)cc(Cc2ccc(F)cc2)c1.CC.CC.Cc1ccc(C2(C)CCN(C)CC2)cc1. The number of nitriles is 1. The highest BCUT2D eigenvalue weighted by Crippen LogP contribution is 2.34. The van der Waals surface area contributed by atoms with Gasteiger partial charge in [-0.15, -0.1) is 0 Å². The molecule has 0 spiro atoms. The van der Waals surface area contributed by atoms with Crippen molar-refractivity contribution in [3.05, 3.63) is 126 Å². The molecule has 0 unspecified atom stereocenters. The highest BCUT2D eigenvalue weighted by Gasteiger charge is 2.30. The molecule has 0 atom stereocenters. The number of piperidine rings is 2. The van der Waals surface area contributed by atoms with Crippen LogP contribution < -0.4 is 5.32 Å². The molecule has 2 heterocycles. The highest BCUT2D eigenvalue weighted by atomic mass is 19.1. The maximum atomic E-state index is 13.0. The third kappa shape index (κ3) is 17.3. The number of unbranched alkanes of at least 4 members (excludes halogenated alkanes) is 2. The molecule has 2 saturated heterocycles. The summed E-state index contributed by atoms with van der Waals surface area (Å²) in [6.07, 6.45) is 13.7. The fourth-order valence-electron chi connectivity index (χ4n) is 6.20. The molecule has 5 rings (SSSR count). The van der Waals surface area contributed by atoms with E-state index in [-0.39, 0.29) is 11.7 Å². The van der Waals surface area contributed by atoms with Gasteiger partial charge in [0.1, 0.15) is 5.82 Å². The van der Waals surface area contributed by atoms with Gasteiger partial charge in [0, 0.05) is 24.7 Å². The lowest BCUT2D eigenvalue weighted by molar-refractivity contribution is 0.200. The molecule has 0 aromatic heterocycles. The van der Waals surface area contributed by atoms with Crippen LogP contribution in [0.3, 0.4) is 0 Å². The molecule has 3 aromatic carbocycles. The van der Waals surface area contributed by atoms with Gasteiger partial charge in [0.25, 0.3) is 0 Å². The number of halogens is 1. The van der Waals surface area contributed by atoms with Crippen LogP contribution in [0.2, 0.25) is 0 Å². The first kappa shape index (κ1) is 45.1. The standard InChI is InChI=1S/C20H24FN.C14H21N.C8H12N2.2C2H6/c1-3-5-6-7-17-13-18(15-20(14-17)22-4-2)12-16-8-10-19(21)11-9-16;1-12-4-6-13(7-5-12)14(2)8-10-15(3)11-9-14;1-2-10-5-3-8(7-9)4-6-10;2*1-2/h4,8-11,13-15,22H,2-3,5-7,12H2,1H3;4-7H,8-11H2,1-3H3;2,8H,1,3-6H2;2*1-2H3. The molecule has 280 valence electrons. The van der Waals surface area contributed by atoms with Crippen molar-refractivity contribution >= 4 is 5.69 Å². The molecule has 3 aromatic rings. The fraction of sp³-hybridized carbons (Fsp3) is 0.500. The topological polar surface area (TPSA) is 42.3 Å². The monoisotopic (exact) mass is 697 g/mol. The molecule has 4 nitrogen and oxygen atoms in total. The number of hydrogen-bond acceptors (Lipinski definition) is 4. The quantitative estimate of drug-likeness (QED) is 0.214. The molecule has 5 heteroatoms. The van der Waals surface area contributed by atoms with E-state index in [0.717, 1.165) is 50.0 Å². The first-order valence-electron chi connectivity index (χ1n) is 19.4. The fourth-order valence-corrected chi connectivity index (χ4v) is 6.20. The Bertz CT molecular complexity index is 1390. The van der Waals surface area contributed by atoms with Crippen LogP contribution in [0.25, 0.3) is 0 Å². The maximum absolute atomic E-state index is 13.0. The van der Waals surface area contributed by atoms with Crippen molar-refractivity contribution in [3.63, 3.8) is 0 Å². The Hall–Kier alpha value is -3.88. The van der Waals surface area contributed by atoms with Crippen LogP contribution in [0.5, 0.6) is 0 Å². The Morgan fingerprint density at radius 2 is 1.45 bits per heavy atom. The smallest absolute Gasteiger partial charge is 0.123 e. The van der Waals surface area contributed by atoms with Gasteiger partial charge >= 0.3 is 0 Å². The summed E-state index contributed by atoms with van der Waals surface area (Å²) in [6.45, 7) is 26.6. The van der Waals surface area contributed by atoms with Gasteiger partial charge in [0.15, 0.2) is 0 Å². The van der Waals surface area contributed by atoms with E-state index in [0.29, 0.717) is 5.41 Å². The average molecular weight is 697 g/mol. The maximum Gasteiger partial charge on any atom is 0.123 e. The van der Waals surface area contributed by atoms with Gasteiger partial charge in [0.2, 0.25) is 0 Å². The van der Waals surface area contributed by atoms with Gasteiger partial charge in [-0.25, -0.2) is 4.39 Å². The van der Waals surface area contributed by atoms with Crippen molar-refractivity contribution < 1.29 is 4.39 Å². The van der Waals surface area contributed by atoms with Gasteiger partial charge in [-0.3, -0.25) is 0 Å². The van der Waals surface area contributed by atoms with Crippen LogP contribution in [0.15, 0.2) is 92.3 Å². The summed E-state index contributed by atoms with van der Waals surface area (Å²) < 4.78 is 13.0. The minimum Gasteiger partial charge on any atom is -0.378 e. The van der Waals surface area contributed by atoms with E-state index < -0.39 is 0 Å². The average Bonchev–Trinajstić information content (AvgIpc) is 3.16. The number of anilines is 1. The molecule has 0 saturated carbocycles. The Morgan fingerprint density at radius 1 is 0.863 bits per heavy atom. The van der Waals surface area contributed by atoms with Crippen molar-refractivity contribution in [2.75, 3.05) is 38.5 Å². The number of rotatable bonds is 10. The second kappa shape index (κ2) is 26.0. The first-order chi connectivity index (χ1) is 24.7. The van der Waals surface area contributed by atoms with Crippen molar-refractivity contribution in [3.8, 4) is 6.07 Å². The molecule has 2 aliphatic rings. The second-order valence-corrected chi connectivity index (χ2v) is 13.5. The van der Waals surface area contributed by atoms with Crippen LogP contribution in [0.1, 0.15) is 114 Å². The second-order valence-electron chi connectivity index (χ2n) is 13.5. The summed E-state index contributed by atoms with van der Waals surface area (Å²) in [5.41, 5.74) is 8.05. The van der Waals surface area contributed by atoms with E-state index in [4.69, 9.17) is 5.26 Å². The number of nitrogens with one attached hydrogen (secondary N) is 1. The van der Waals surface area contributed by atoms with Gasteiger partial charge in [-0.05, 0) is 136 Å². The van der Waals surface area contributed by atoms with E-state index in [1.54, 1.807) is 6.20 Å². The van der Waals surface area contributed by atoms with Crippen LogP contribution in [-0.2, 0) is 18.3 Å². The van der Waals surface area contributed by atoms with E-state index in [1.807, 2.05) is 46.0 Å². The van der Waals surface area contributed by atoms with Gasteiger partial charge in [-0.1, -0.05) is 116 Å². The number of nitrogens with zero attached hydrogens (tertiary/aromatic N) is 3. The lowest BCUT2D eigenvalue weighted by atomic mass is 9.74. The molecule has 1 N–H and O–H groups in total.